The molecule has 1 aromatic carbocycles. The van der Waals surface area contributed by atoms with Crippen LogP contribution in [0.3, 0.4) is 0 Å². The van der Waals surface area contributed by atoms with E-state index < -0.39 is 11.6 Å². The molecule has 0 N–H and O–H groups in total. The molecule has 1 nitrogen and oxygen atoms in total. The van der Waals surface area contributed by atoms with E-state index in [1.807, 2.05) is 18.7 Å². The zero-order chi connectivity index (χ0) is 11.4. The van der Waals surface area contributed by atoms with Gasteiger partial charge in [0, 0.05) is 16.6 Å². The highest BCUT2D eigenvalue weighted by Crippen LogP contribution is 2.20. The molecule has 84 valence electrons. The molecular formula is C11H14BrF2N. The number of benzene rings is 1. The predicted molar refractivity (Wildman–Crippen MR) is 60.7 cm³/mol. The molecule has 0 aromatic heterocycles. The van der Waals surface area contributed by atoms with E-state index in [2.05, 4.69) is 15.9 Å². The minimum atomic E-state index is -0.492. The summed E-state index contributed by atoms with van der Waals surface area (Å²) in [5.41, 5.74) is 0.141. The van der Waals surface area contributed by atoms with Crippen LogP contribution < -0.4 is 0 Å². The molecule has 1 rings (SSSR count). The normalized spacial score (nSPS) is 11.1. The lowest BCUT2D eigenvalue weighted by Crippen LogP contribution is -2.23. The fourth-order valence-electron chi connectivity index (χ4n) is 1.39. The molecule has 15 heavy (non-hydrogen) atoms. The average Bonchev–Trinajstić information content (AvgIpc) is 2.17. The van der Waals surface area contributed by atoms with Crippen LogP contribution in [0, 0.1) is 11.6 Å². The van der Waals surface area contributed by atoms with Gasteiger partial charge in [-0.25, -0.2) is 8.78 Å². The number of nitrogens with zero attached hydrogens (tertiary/aromatic N) is 1. The third kappa shape index (κ3) is 3.24. The fourth-order valence-corrected chi connectivity index (χ4v) is 1.80. The Morgan fingerprint density at radius 2 is 1.60 bits per heavy atom. The monoisotopic (exact) mass is 277 g/mol. The number of rotatable bonds is 4. The van der Waals surface area contributed by atoms with Gasteiger partial charge < -0.3 is 0 Å². The van der Waals surface area contributed by atoms with Crippen LogP contribution in [0.1, 0.15) is 19.4 Å². The summed E-state index contributed by atoms with van der Waals surface area (Å²) in [7, 11) is 0. The Morgan fingerprint density at radius 1 is 1.13 bits per heavy atom. The highest BCUT2D eigenvalue weighted by molar-refractivity contribution is 9.10. The Balaban J connectivity index is 2.94. The van der Waals surface area contributed by atoms with Crippen molar-refractivity contribution in [1.29, 1.82) is 0 Å². The first-order valence-electron chi connectivity index (χ1n) is 4.94. The smallest absolute Gasteiger partial charge is 0.131 e. The second kappa shape index (κ2) is 5.56. The molecule has 0 bridgehead atoms. The van der Waals surface area contributed by atoms with Gasteiger partial charge in [-0.3, -0.25) is 4.90 Å². The highest BCUT2D eigenvalue weighted by atomic mass is 79.9. The van der Waals surface area contributed by atoms with Gasteiger partial charge >= 0.3 is 0 Å². The summed E-state index contributed by atoms with van der Waals surface area (Å²) < 4.78 is 27.3. The van der Waals surface area contributed by atoms with Gasteiger partial charge in [-0.15, -0.1) is 0 Å². The van der Waals surface area contributed by atoms with Crippen molar-refractivity contribution in [2.75, 3.05) is 13.1 Å². The van der Waals surface area contributed by atoms with E-state index >= 15 is 0 Å². The lowest BCUT2D eigenvalue weighted by atomic mass is 10.2. The summed E-state index contributed by atoms with van der Waals surface area (Å²) in [5, 5.41) is 0. The highest BCUT2D eigenvalue weighted by Gasteiger charge is 2.12. The van der Waals surface area contributed by atoms with Crippen LogP contribution in [0.15, 0.2) is 16.6 Å². The van der Waals surface area contributed by atoms with Crippen molar-refractivity contribution >= 4 is 15.9 Å². The molecule has 0 radical (unpaired) electrons. The molecule has 0 saturated heterocycles. The van der Waals surface area contributed by atoms with Gasteiger partial charge in [0.2, 0.25) is 0 Å². The van der Waals surface area contributed by atoms with Crippen LogP contribution in [0.2, 0.25) is 0 Å². The summed E-state index contributed by atoms with van der Waals surface area (Å²) in [6.45, 7) is 5.82. The van der Waals surface area contributed by atoms with Gasteiger partial charge in [-0.1, -0.05) is 29.8 Å². The van der Waals surface area contributed by atoms with E-state index in [0.29, 0.717) is 11.0 Å². The van der Waals surface area contributed by atoms with Gasteiger partial charge in [-0.2, -0.15) is 0 Å². The van der Waals surface area contributed by atoms with Crippen LogP contribution >= 0.6 is 15.9 Å². The first-order valence-corrected chi connectivity index (χ1v) is 5.73. The molecule has 0 aliphatic carbocycles. The molecule has 0 spiro atoms. The minimum absolute atomic E-state index is 0.141. The first kappa shape index (κ1) is 12.6. The lowest BCUT2D eigenvalue weighted by molar-refractivity contribution is 0.286. The van der Waals surface area contributed by atoms with E-state index in [0.717, 1.165) is 13.1 Å². The summed E-state index contributed by atoms with van der Waals surface area (Å²) in [6, 6.07) is 2.59. The molecule has 0 saturated carbocycles. The number of hydrogen-bond donors (Lipinski definition) is 0. The van der Waals surface area contributed by atoms with Crippen LogP contribution in [0.25, 0.3) is 0 Å². The standard InChI is InChI=1S/C11H14BrF2N/c1-3-15(4-2)7-9-10(13)5-8(12)6-11(9)14/h5-6H,3-4,7H2,1-2H3. The van der Waals surface area contributed by atoms with Gasteiger partial charge in [-0.05, 0) is 25.2 Å². The molecule has 0 unspecified atom stereocenters. The molecule has 0 heterocycles. The van der Waals surface area contributed by atoms with E-state index in [4.69, 9.17) is 0 Å². The van der Waals surface area contributed by atoms with Crippen LogP contribution in [0.5, 0.6) is 0 Å². The van der Waals surface area contributed by atoms with Gasteiger partial charge in [0.15, 0.2) is 0 Å². The van der Waals surface area contributed by atoms with Crippen molar-refractivity contribution in [3.05, 3.63) is 33.8 Å². The first-order chi connectivity index (χ1) is 7.08. The summed E-state index contributed by atoms with van der Waals surface area (Å²) >= 11 is 3.05. The van der Waals surface area contributed by atoms with Crippen molar-refractivity contribution in [3.8, 4) is 0 Å². The number of hydrogen-bond acceptors (Lipinski definition) is 1. The molecule has 0 fully saturated rings. The van der Waals surface area contributed by atoms with E-state index in [1.165, 1.54) is 12.1 Å². The van der Waals surface area contributed by atoms with Crippen molar-refractivity contribution in [2.45, 2.75) is 20.4 Å². The van der Waals surface area contributed by atoms with Crippen LogP contribution in [-0.2, 0) is 6.54 Å². The van der Waals surface area contributed by atoms with Crippen molar-refractivity contribution < 1.29 is 8.78 Å². The third-order valence-corrected chi connectivity index (χ3v) is 2.84. The Bertz CT molecular complexity index is 314. The topological polar surface area (TPSA) is 3.24 Å². The summed E-state index contributed by atoms with van der Waals surface area (Å²) in [6.07, 6.45) is 0. The summed E-state index contributed by atoms with van der Waals surface area (Å²) in [4.78, 5) is 1.97. The SMILES string of the molecule is CCN(CC)Cc1c(F)cc(Br)cc1F. The molecule has 1 aromatic rings. The van der Waals surface area contributed by atoms with Crippen LogP contribution in [-0.4, -0.2) is 18.0 Å². The van der Waals surface area contributed by atoms with Gasteiger partial charge in [0.25, 0.3) is 0 Å². The molecule has 4 heteroatoms. The minimum Gasteiger partial charge on any atom is -0.299 e. The maximum atomic E-state index is 13.4. The maximum absolute atomic E-state index is 13.4. The Morgan fingerprint density at radius 3 is 2.00 bits per heavy atom. The zero-order valence-corrected chi connectivity index (χ0v) is 10.4. The maximum Gasteiger partial charge on any atom is 0.131 e. The van der Waals surface area contributed by atoms with Crippen molar-refractivity contribution in [3.63, 3.8) is 0 Å². The quantitative estimate of drug-likeness (QED) is 0.813. The average molecular weight is 278 g/mol. The molecular weight excluding hydrogens is 264 g/mol. The largest absolute Gasteiger partial charge is 0.299 e. The number of halogens is 3. The lowest BCUT2D eigenvalue weighted by Gasteiger charge is -2.18. The van der Waals surface area contributed by atoms with Gasteiger partial charge in [0.05, 0.1) is 0 Å². The Hall–Kier alpha value is -0.480. The third-order valence-electron chi connectivity index (χ3n) is 2.38. The zero-order valence-electron chi connectivity index (χ0n) is 8.86. The second-order valence-electron chi connectivity index (χ2n) is 3.31. The van der Waals surface area contributed by atoms with Crippen molar-refractivity contribution in [1.82, 2.24) is 4.90 Å². The predicted octanol–water partition coefficient (Wildman–Crippen LogP) is 3.57. The molecule has 0 amide bonds. The fraction of sp³-hybridized carbons (Fsp3) is 0.455. The van der Waals surface area contributed by atoms with Gasteiger partial charge in [0.1, 0.15) is 11.6 Å². The van der Waals surface area contributed by atoms with E-state index in [-0.39, 0.29) is 5.56 Å². The van der Waals surface area contributed by atoms with Crippen molar-refractivity contribution in [2.24, 2.45) is 0 Å². The Labute approximate surface area is 97.2 Å². The van der Waals surface area contributed by atoms with E-state index in [1.54, 1.807) is 0 Å². The Kier molecular flexibility index (Phi) is 4.67. The molecule has 0 atom stereocenters. The molecule has 0 aliphatic rings. The van der Waals surface area contributed by atoms with E-state index in [9.17, 15) is 8.78 Å². The molecule has 0 aliphatic heterocycles. The van der Waals surface area contributed by atoms with Crippen LogP contribution in [0.4, 0.5) is 8.78 Å². The second-order valence-corrected chi connectivity index (χ2v) is 4.23. The summed E-state index contributed by atoms with van der Waals surface area (Å²) in [5.74, 6) is -0.984.